The number of carbonyl (C=O) groups excluding carboxylic acids is 1. The lowest BCUT2D eigenvalue weighted by molar-refractivity contribution is -0.121. The van der Waals surface area contributed by atoms with Crippen molar-refractivity contribution in [3.63, 3.8) is 0 Å². The Hall–Kier alpha value is -1.92. The first-order chi connectivity index (χ1) is 11.4. The van der Waals surface area contributed by atoms with Crippen molar-refractivity contribution in [2.75, 3.05) is 0 Å². The summed E-state index contributed by atoms with van der Waals surface area (Å²) in [5.41, 5.74) is 2.02. The lowest BCUT2D eigenvalue weighted by Crippen LogP contribution is -2.29. The van der Waals surface area contributed by atoms with E-state index in [1.165, 1.54) is 0 Å². The number of rotatable bonds is 6. The fourth-order valence-corrected chi connectivity index (χ4v) is 2.92. The standard InChI is InChI=1S/C17H20ClN3O2S/c1-3-14(11-4-6-12(18)7-5-11)20-15(22)9-8-13-10(2)19-17(24)21-16(13)23/h4-7,14H,3,8-9H2,1-2H3,(H,20,22)(H2,19,21,23,24). The summed E-state index contributed by atoms with van der Waals surface area (Å²) in [6.07, 6.45) is 1.36. The SMILES string of the molecule is CCC(NC(=O)CCc1c(C)[nH]c(=S)[nH]c1=O)c1ccc(Cl)cc1. The van der Waals surface area contributed by atoms with Crippen molar-refractivity contribution in [2.24, 2.45) is 0 Å². The summed E-state index contributed by atoms with van der Waals surface area (Å²) in [7, 11) is 0. The van der Waals surface area contributed by atoms with Crippen molar-refractivity contribution >= 4 is 29.7 Å². The first-order valence-electron chi connectivity index (χ1n) is 7.77. The minimum Gasteiger partial charge on any atom is -0.349 e. The Morgan fingerprint density at radius 1 is 1.29 bits per heavy atom. The van der Waals surface area contributed by atoms with Gasteiger partial charge in [-0.25, -0.2) is 0 Å². The maximum atomic E-state index is 12.2. The average molecular weight is 366 g/mol. The van der Waals surface area contributed by atoms with Crippen molar-refractivity contribution in [3.8, 4) is 0 Å². The van der Waals surface area contributed by atoms with Gasteiger partial charge in [-0.3, -0.25) is 14.6 Å². The van der Waals surface area contributed by atoms with E-state index >= 15 is 0 Å². The van der Waals surface area contributed by atoms with E-state index in [2.05, 4.69) is 15.3 Å². The molecule has 0 fully saturated rings. The van der Waals surface area contributed by atoms with Gasteiger partial charge < -0.3 is 10.3 Å². The van der Waals surface area contributed by atoms with Gasteiger partial charge >= 0.3 is 0 Å². The fourth-order valence-electron chi connectivity index (χ4n) is 2.55. The van der Waals surface area contributed by atoms with Gasteiger partial charge in [0.1, 0.15) is 0 Å². The van der Waals surface area contributed by atoms with E-state index in [9.17, 15) is 9.59 Å². The highest BCUT2D eigenvalue weighted by Gasteiger charge is 2.14. The summed E-state index contributed by atoms with van der Waals surface area (Å²) in [5.74, 6) is -0.0990. The molecule has 2 rings (SSSR count). The number of nitrogens with one attached hydrogen (secondary N) is 3. The molecular weight excluding hydrogens is 346 g/mol. The van der Waals surface area contributed by atoms with Crippen LogP contribution in [0.4, 0.5) is 0 Å². The minimum atomic E-state index is -0.242. The van der Waals surface area contributed by atoms with E-state index in [0.29, 0.717) is 27.5 Å². The first-order valence-corrected chi connectivity index (χ1v) is 8.56. The monoisotopic (exact) mass is 365 g/mol. The second kappa shape index (κ2) is 8.26. The number of amides is 1. The van der Waals surface area contributed by atoms with Crippen molar-refractivity contribution in [3.05, 3.63) is 61.2 Å². The van der Waals surface area contributed by atoms with Gasteiger partial charge in [-0.15, -0.1) is 0 Å². The van der Waals surface area contributed by atoms with Crippen LogP contribution in [0, 0.1) is 11.7 Å². The number of aromatic amines is 2. The normalized spacial score (nSPS) is 12.0. The molecule has 0 aliphatic carbocycles. The zero-order chi connectivity index (χ0) is 17.7. The largest absolute Gasteiger partial charge is 0.349 e. The Bertz CT molecular complexity index is 827. The van der Waals surface area contributed by atoms with E-state index in [4.69, 9.17) is 23.8 Å². The quantitative estimate of drug-likeness (QED) is 0.684. The Labute approximate surface area is 150 Å². The van der Waals surface area contributed by atoms with Gasteiger partial charge in [0, 0.05) is 22.7 Å². The van der Waals surface area contributed by atoms with Crippen molar-refractivity contribution in [2.45, 2.75) is 39.2 Å². The van der Waals surface area contributed by atoms with Crippen LogP contribution in [-0.4, -0.2) is 15.9 Å². The molecule has 1 amide bonds. The third kappa shape index (κ3) is 4.79. The number of halogens is 1. The minimum absolute atomic E-state index is 0.0734. The van der Waals surface area contributed by atoms with Crippen molar-refractivity contribution in [1.82, 2.24) is 15.3 Å². The molecule has 24 heavy (non-hydrogen) atoms. The molecule has 3 N–H and O–H groups in total. The zero-order valence-corrected chi connectivity index (χ0v) is 15.2. The molecule has 1 unspecified atom stereocenters. The number of aryl methyl sites for hydroxylation is 1. The second-order valence-electron chi connectivity index (χ2n) is 5.59. The molecular formula is C17H20ClN3O2S. The number of aromatic nitrogens is 2. The lowest BCUT2D eigenvalue weighted by atomic mass is 10.0. The fraction of sp³-hybridized carbons (Fsp3) is 0.353. The number of benzene rings is 1. The predicted molar refractivity (Wildman–Crippen MR) is 97.9 cm³/mol. The van der Waals surface area contributed by atoms with Crippen LogP contribution in [0.2, 0.25) is 5.02 Å². The van der Waals surface area contributed by atoms with E-state index in [1.807, 2.05) is 19.1 Å². The molecule has 0 radical (unpaired) electrons. The highest BCUT2D eigenvalue weighted by Crippen LogP contribution is 2.19. The molecule has 1 aromatic carbocycles. The third-order valence-electron chi connectivity index (χ3n) is 3.87. The number of carbonyl (C=O) groups is 1. The molecule has 0 bridgehead atoms. The second-order valence-corrected chi connectivity index (χ2v) is 6.44. The van der Waals surface area contributed by atoms with Crippen LogP contribution in [0.15, 0.2) is 29.1 Å². The van der Waals surface area contributed by atoms with Gasteiger partial charge in [0.2, 0.25) is 5.91 Å². The van der Waals surface area contributed by atoms with Crippen molar-refractivity contribution in [1.29, 1.82) is 0 Å². The lowest BCUT2D eigenvalue weighted by Gasteiger charge is -2.17. The maximum absolute atomic E-state index is 12.2. The smallest absolute Gasteiger partial charge is 0.255 e. The van der Waals surface area contributed by atoms with Crippen LogP contribution in [0.1, 0.15) is 42.6 Å². The first kappa shape index (κ1) is 18.4. The highest BCUT2D eigenvalue weighted by atomic mass is 35.5. The molecule has 128 valence electrons. The van der Waals surface area contributed by atoms with E-state index in [-0.39, 0.29) is 23.9 Å². The van der Waals surface area contributed by atoms with Crippen LogP contribution in [-0.2, 0) is 11.2 Å². The van der Waals surface area contributed by atoms with E-state index in [0.717, 1.165) is 12.0 Å². The van der Waals surface area contributed by atoms with Crippen LogP contribution in [0.25, 0.3) is 0 Å². The van der Waals surface area contributed by atoms with E-state index in [1.54, 1.807) is 19.1 Å². The summed E-state index contributed by atoms with van der Waals surface area (Å²) >= 11 is 10.8. The summed E-state index contributed by atoms with van der Waals surface area (Å²) in [6, 6.07) is 7.35. The highest BCUT2D eigenvalue weighted by molar-refractivity contribution is 7.71. The Morgan fingerprint density at radius 3 is 2.54 bits per heavy atom. The van der Waals surface area contributed by atoms with Gasteiger partial charge in [-0.1, -0.05) is 30.7 Å². The van der Waals surface area contributed by atoms with Crippen LogP contribution < -0.4 is 10.9 Å². The van der Waals surface area contributed by atoms with Crippen LogP contribution in [0.3, 0.4) is 0 Å². The molecule has 0 spiro atoms. The summed E-state index contributed by atoms with van der Waals surface area (Å²) < 4.78 is 0.291. The predicted octanol–water partition coefficient (Wildman–Crippen LogP) is 3.59. The van der Waals surface area contributed by atoms with Gasteiger partial charge in [-0.05, 0) is 49.7 Å². The topological polar surface area (TPSA) is 77.8 Å². The average Bonchev–Trinajstić information content (AvgIpc) is 2.52. The molecule has 1 aromatic heterocycles. The molecule has 1 heterocycles. The molecule has 0 saturated heterocycles. The van der Waals surface area contributed by atoms with Gasteiger partial charge in [0.05, 0.1) is 6.04 Å². The Kier molecular flexibility index (Phi) is 6.34. The zero-order valence-electron chi connectivity index (χ0n) is 13.6. The third-order valence-corrected chi connectivity index (χ3v) is 4.33. The molecule has 5 nitrogen and oxygen atoms in total. The number of hydrogen-bond donors (Lipinski definition) is 3. The molecule has 1 atom stereocenters. The summed E-state index contributed by atoms with van der Waals surface area (Å²) in [6.45, 7) is 3.78. The Morgan fingerprint density at radius 2 is 1.96 bits per heavy atom. The van der Waals surface area contributed by atoms with Crippen LogP contribution in [0.5, 0.6) is 0 Å². The van der Waals surface area contributed by atoms with Crippen LogP contribution >= 0.6 is 23.8 Å². The molecule has 2 aromatic rings. The summed E-state index contributed by atoms with van der Waals surface area (Å²) in [4.78, 5) is 29.6. The number of H-pyrrole nitrogens is 2. The van der Waals surface area contributed by atoms with Gasteiger partial charge in [-0.2, -0.15) is 0 Å². The maximum Gasteiger partial charge on any atom is 0.255 e. The van der Waals surface area contributed by atoms with E-state index < -0.39 is 0 Å². The Balaban J connectivity index is 2.01. The molecule has 0 aliphatic heterocycles. The van der Waals surface area contributed by atoms with Crippen molar-refractivity contribution < 1.29 is 4.79 Å². The molecule has 7 heteroatoms. The summed E-state index contributed by atoms with van der Waals surface area (Å²) in [5, 5.41) is 3.66. The molecule has 0 saturated carbocycles. The number of hydrogen-bond acceptors (Lipinski definition) is 3. The van der Waals surface area contributed by atoms with Gasteiger partial charge in [0.15, 0.2) is 4.77 Å². The molecule has 0 aliphatic rings. The van der Waals surface area contributed by atoms with Gasteiger partial charge in [0.25, 0.3) is 5.56 Å².